The second-order valence-electron chi connectivity index (χ2n) is 4.06. The Balaban J connectivity index is 1.90. The third-order valence-corrected chi connectivity index (χ3v) is 2.60. The Labute approximate surface area is 121 Å². The fraction of sp³-hybridized carbons (Fsp3) is 0.0667. The number of oxime groups is 1. The van der Waals surface area contributed by atoms with Crippen molar-refractivity contribution in [3.63, 3.8) is 0 Å². The molecule has 0 unspecified atom stereocenters. The van der Waals surface area contributed by atoms with Crippen LogP contribution >= 0.6 is 0 Å². The smallest absolute Gasteiger partial charge is 0.274 e. The van der Waals surface area contributed by atoms with Gasteiger partial charge in [0, 0.05) is 12.1 Å². The van der Waals surface area contributed by atoms with Crippen LogP contribution in [0.3, 0.4) is 0 Å². The largest absolute Gasteiger partial charge is 0.593 e. The second kappa shape index (κ2) is 7.40. The van der Waals surface area contributed by atoms with Crippen LogP contribution in [0.5, 0.6) is 0 Å². The van der Waals surface area contributed by atoms with Gasteiger partial charge in [0.1, 0.15) is 6.61 Å². The molecule has 2 aromatic rings. The lowest BCUT2D eigenvalue weighted by atomic mass is 10.2. The van der Waals surface area contributed by atoms with Gasteiger partial charge in [-0.3, -0.25) is 0 Å². The molecular formula is C15H12N4O2. The maximum atomic E-state index is 11.2. The first-order valence-corrected chi connectivity index (χ1v) is 6.16. The van der Waals surface area contributed by atoms with E-state index in [0.29, 0.717) is 6.61 Å². The molecule has 0 fully saturated rings. The molecular weight excluding hydrogens is 268 g/mol. The molecule has 0 N–H and O–H groups in total. The fourth-order valence-corrected chi connectivity index (χ4v) is 1.57. The molecule has 0 heterocycles. The van der Waals surface area contributed by atoms with Crippen LogP contribution in [0.2, 0.25) is 0 Å². The Kier molecular flexibility index (Phi) is 5.01. The molecule has 0 aliphatic heterocycles. The molecule has 6 nitrogen and oxygen atoms in total. The molecule has 0 aliphatic carbocycles. The molecule has 2 rings (SSSR count). The zero-order valence-corrected chi connectivity index (χ0v) is 11.1. The number of azo groups is 1. The summed E-state index contributed by atoms with van der Waals surface area (Å²) in [5.74, 6) is 0. The Morgan fingerprint density at radius 3 is 2.52 bits per heavy atom. The third-order valence-electron chi connectivity index (χ3n) is 2.60. The Morgan fingerprint density at radius 1 is 1.14 bits per heavy atom. The standard InChI is InChI=1S/C15H12N4O2/c16-12-17-19(20)15-8-6-13(7-9-15)10-18-21-11-14-4-2-1-3-5-14/h1-10H,11H2/b18-10-,19-17?. The van der Waals surface area contributed by atoms with E-state index in [0.717, 1.165) is 11.1 Å². The Hall–Kier alpha value is -3.20. The van der Waals surface area contributed by atoms with E-state index in [-0.39, 0.29) is 10.5 Å². The minimum absolute atomic E-state index is 0.257. The van der Waals surface area contributed by atoms with Crippen molar-refractivity contribution in [2.75, 3.05) is 0 Å². The first-order chi connectivity index (χ1) is 10.3. The highest BCUT2D eigenvalue weighted by Gasteiger charge is 2.01. The fourth-order valence-electron chi connectivity index (χ4n) is 1.57. The van der Waals surface area contributed by atoms with Gasteiger partial charge in [-0.2, -0.15) is 5.26 Å². The summed E-state index contributed by atoms with van der Waals surface area (Å²) in [7, 11) is 0. The summed E-state index contributed by atoms with van der Waals surface area (Å²) >= 11 is 0. The van der Waals surface area contributed by atoms with E-state index < -0.39 is 0 Å². The van der Waals surface area contributed by atoms with Gasteiger partial charge in [-0.05, 0) is 28.1 Å². The van der Waals surface area contributed by atoms with Gasteiger partial charge in [0.05, 0.1) is 11.3 Å². The number of nitriles is 1. The molecule has 2 aromatic carbocycles. The van der Waals surface area contributed by atoms with Crippen LogP contribution in [0.4, 0.5) is 5.69 Å². The molecule has 0 radical (unpaired) electrons. The van der Waals surface area contributed by atoms with Crippen molar-refractivity contribution >= 4 is 11.9 Å². The van der Waals surface area contributed by atoms with Crippen LogP contribution in [-0.4, -0.2) is 11.1 Å². The van der Waals surface area contributed by atoms with Crippen LogP contribution in [0.15, 0.2) is 64.9 Å². The van der Waals surface area contributed by atoms with E-state index in [9.17, 15) is 5.21 Å². The first kappa shape index (κ1) is 14.2. The monoisotopic (exact) mass is 280 g/mol. The lowest BCUT2D eigenvalue weighted by Gasteiger charge is -1.99. The number of hydrogen-bond donors (Lipinski definition) is 0. The van der Waals surface area contributed by atoms with Crippen molar-refractivity contribution in [2.24, 2.45) is 10.3 Å². The van der Waals surface area contributed by atoms with Crippen molar-refractivity contribution < 1.29 is 9.70 Å². The van der Waals surface area contributed by atoms with Gasteiger partial charge in [-0.1, -0.05) is 35.5 Å². The van der Waals surface area contributed by atoms with Crippen LogP contribution in [0.25, 0.3) is 0 Å². The highest BCUT2D eigenvalue weighted by Crippen LogP contribution is 2.12. The lowest BCUT2D eigenvalue weighted by molar-refractivity contribution is -0.435. The van der Waals surface area contributed by atoms with Crippen LogP contribution in [0.1, 0.15) is 11.1 Å². The minimum atomic E-state index is 0.257. The SMILES string of the molecule is N#CN=[N+]([O-])c1ccc(/C=N\OCc2ccccc2)cc1. The van der Waals surface area contributed by atoms with Crippen molar-refractivity contribution in [3.05, 3.63) is 70.9 Å². The van der Waals surface area contributed by atoms with Crippen molar-refractivity contribution in [3.8, 4) is 6.19 Å². The Bertz CT molecular complexity index is 673. The Morgan fingerprint density at radius 2 is 1.86 bits per heavy atom. The van der Waals surface area contributed by atoms with Crippen molar-refractivity contribution in [1.29, 1.82) is 5.26 Å². The topological polar surface area (TPSA) is 83.8 Å². The van der Waals surface area contributed by atoms with Crippen molar-refractivity contribution in [2.45, 2.75) is 6.61 Å². The number of hydrogen-bond acceptors (Lipinski definition) is 5. The first-order valence-electron chi connectivity index (χ1n) is 6.16. The molecule has 104 valence electrons. The number of rotatable bonds is 5. The van der Waals surface area contributed by atoms with Crippen LogP contribution < -0.4 is 0 Å². The molecule has 0 saturated carbocycles. The van der Waals surface area contributed by atoms with Gasteiger partial charge in [-0.25, -0.2) is 0 Å². The highest BCUT2D eigenvalue weighted by molar-refractivity contribution is 5.79. The maximum absolute atomic E-state index is 11.2. The van der Waals surface area contributed by atoms with Crippen molar-refractivity contribution in [1.82, 2.24) is 0 Å². The normalized spacial score (nSPS) is 11.3. The van der Waals surface area contributed by atoms with Gasteiger partial charge in [0.15, 0.2) is 0 Å². The lowest BCUT2D eigenvalue weighted by Crippen LogP contribution is -1.91. The van der Waals surface area contributed by atoms with Crippen LogP contribution in [-0.2, 0) is 11.4 Å². The summed E-state index contributed by atoms with van der Waals surface area (Å²) in [6, 6.07) is 16.2. The molecule has 6 heteroatoms. The molecule has 0 atom stereocenters. The predicted octanol–water partition coefficient (Wildman–Crippen LogP) is 3.31. The van der Waals surface area contributed by atoms with Gasteiger partial charge >= 0.3 is 0 Å². The summed E-state index contributed by atoms with van der Waals surface area (Å²) in [6.07, 6.45) is 2.98. The zero-order valence-electron chi connectivity index (χ0n) is 11.1. The molecule has 0 amide bonds. The summed E-state index contributed by atoms with van der Waals surface area (Å²) in [4.78, 5) is 5.43. The average molecular weight is 280 g/mol. The molecule has 21 heavy (non-hydrogen) atoms. The second-order valence-corrected chi connectivity index (χ2v) is 4.06. The van der Waals surface area contributed by atoms with E-state index in [4.69, 9.17) is 10.1 Å². The van der Waals surface area contributed by atoms with Crippen LogP contribution in [0, 0.1) is 16.7 Å². The predicted molar refractivity (Wildman–Crippen MR) is 76.6 cm³/mol. The summed E-state index contributed by atoms with van der Waals surface area (Å²) in [5.41, 5.74) is 2.08. The third kappa shape index (κ3) is 4.44. The van der Waals surface area contributed by atoms with E-state index in [1.807, 2.05) is 30.3 Å². The van der Waals surface area contributed by atoms with Gasteiger partial charge in [0.25, 0.3) is 6.19 Å². The maximum Gasteiger partial charge on any atom is 0.274 e. The summed E-state index contributed by atoms with van der Waals surface area (Å²) in [5, 5.41) is 26.4. The molecule has 0 bridgehead atoms. The average Bonchev–Trinajstić information content (AvgIpc) is 2.53. The highest BCUT2D eigenvalue weighted by atomic mass is 16.6. The minimum Gasteiger partial charge on any atom is -0.593 e. The van der Waals surface area contributed by atoms with E-state index in [1.165, 1.54) is 6.19 Å². The number of benzene rings is 2. The molecule has 0 spiro atoms. The number of nitrogens with zero attached hydrogens (tertiary/aromatic N) is 4. The molecule has 0 saturated heterocycles. The van der Waals surface area contributed by atoms with Gasteiger partial charge < -0.3 is 10.0 Å². The summed E-state index contributed by atoms with van der Waals surface area (Å²) < 4.78 is 0. The quantitative estimate of drug-likeness (QED) is 0.277. The zero-order chi connectivity index (χ0) is 14.9. The van der Waals surface area contributed by atoms with Gasteiger partial charge in [0.2, 0.25) is 5.69 Å². The van der Waals surface area contributed by atoms with E-state index >= 15 is 0 Å². The molecule has 0 aromatic heterocycles. The van der Waals surface area contributed by atoms with Gasteiger partial charge in [-0.15, -0.1) is 0 Å². The van der Waals surface area contributed by atoms with E-state index in [1.54, 1.807) is 30.5 Å². The molecule has 0 aliphatic rings. The summed E-state index contributed by atoms with van der Waals surface area (Å²) in [6.45, 7) is 0.394. The van der Waals surface area contributed by atoms with E-state index in [2.05, 4.69) is 10.3 Å².